The number of anilines is 1. The minimum atomic E-state index is -0.899. The summed E-state index contributed by atoms with van der Waals surface area (Å²) in [6.07, 6.45) is 7.71. The highest BCUT2D eigenvalue weighted by Crippen LogP contribution is 2.30. The van der Waals surface area contributed by atoms with Crippen LogP contribution in [0.1, 0.15) is 12.8 Å². The minimum Gasteiger partial charge on any atom is -0.392 e. The number of hydrogen-bond donors (Lipinski definition) is 2. The average molecular weight is 427 g/mol. The molecule has 0 bridgehead atoms. The van der Waals surface area contributed by atoms with Crippen molar-refractivity contribution >= 4 is 34.1 Å². The standard InChI is InChI=1S/C11H7ClFN5.C6H13NO2S/c12-7-5-15-11(14)17-9(7)6-4-16-18-3-1-2-8(13)10(6)18;1-10(9)7-4-2-3-6(8)5-7/h1-5H,(H2,14,15,17);6,8H,2-5H2,1H3. The van der Waals surface area contributed by atoms with Crippen LogP contribution in [0, 0.1) is 5.82 Å². The number of hydrogen-bond acceptors (Lipinski definition) is 6. The molecule has 8 nitrogen and oxygen atoms in total. The number of nitrogens with two attached hydrogens (primary N) is 1. The molecule has 0 saturated carbocycles. The van der Waals surface area contributed by atoms with E-state index in [0.29, 0.717) is 28.3 Å². The van der Waals surface area contributed by atoms with Crippen molar-refractivity contribution in [1.29, 1.82) is 0 Å². The van der Waals surface area contributed by atoms with Crippen molar-refractivity contribution in [3.05, 3.63) is 41.6 Å². The number of nitrogens with zero attached hydrogens (tertiary/aromatic N) is 5. The lowest BCUT2D eigenvalue weighted by atomic mass is 10.1. The van der Waals surface area contributed by atoms with E-state index in [4.69, 9.17) is 22.4 Å². The van der Waals surface area contributed by atoms with Crippen LogP contribution in [-0.2, 0) is 11.0 Å². The third-order valence-electron chi connectivity index (χ3n) is 4.23. The van der Waals surface area contributed by atoms with Gasteiger partial charge in [-0.2, -0.15) is 5.10 Å². The number of halogens is 2. The van der Waals surface area contributed by atoms with Crippen LogP contribution < -0.4 is 5.73 Å². The summed E-state index contributed by atoms with van der Waals surface area (Å²) in [7, 11) is -0.899. The van der Waals surface area contributed by atoms with E-state index in [-0.39, 0.29) is 12.1 Å². The maximum Gasteiger partial charge on any atom is 0.220 e. The van der Waals surface area contributed by atoms with Gasteiger partial charge in [0.05, 0.1) is 45.8 Å². The van der Waals surface area contributed by atoms with Gasteiger partial charge in [0, 0.05) is 25.5 Å². The van der Waals surface area contributed by atoms with Gasteiger partial charge >= 0.3 is 0 Å². The molecule has 1 fully saturated rings. The molecule has 150 valence electrons. The summed E-state index contributed by atoms with van der Waals surface area (Å²) in [6.45, 7) is 1.43. The van der Waals surface area contributed by atoms with E-state index in [2.05, 4.69) is 15.1 Å². The third kappa shape index (κ3) is 4.64. The van der Waals surface area contributed by atoms with E-state index in [1.165, 1.54) is 23.0 Å². The van der Waals surface area contributed by atoms with E-state index in [9.17, 15) is 8.60 Å². The molecule has 2 atom stereocenters. The molecule has 28 heavy (non-hydrogen) atoms. The fourth-order valence-electron chi connectivity index (χ4n) is 2.90. The van der Waals surface area contributed by atoms with Crippen molar-refractivity contribution in [1.82, 2.24) is 23.9 Å². The van der Waals surface area contributed by atoms with Crippen LogP contribution in [0.2, 0.25) is 5.02 Å². The largest absolute Gasteiger partial charge is 0.392 e. The van der Waals surface area contributed by atoms with Crippen LogP contribution in [0.15, 0.2) is 30.7 Å². The van der Waals surface area contributed by atoms with Gasteiger partial charge in [0.1, 0.15) is 11.3 Å². The highest BCUT2D eigenvalue weighted by molar-refractivity contribution is 7.81. The van der Waals surface area contributed by atoms with E-state index >= 15 is 0 Å². The number of piperidine rings is 1. The Morgan fingerprint density at radius 1 is 1.43 bits per heavy atom. The lowest BCUT2D eigenvalue weighted by Crippen LogP contribution is -2.38. The van der Waals surface area contributed by atoms with Gasteiger partial charge in [-0.3, -0.25) is 0 Å². The van der Waals surface area contributed by atoms with E-state index < -0.39 is 16.8 Å². The number of aliphatic hydroxyl groups excluding tert-OH is 1. The highest BCUT2D eigenvalue weighted by Gasteiger charge is 2.19. The van der Waals surface area contributed by atoms with Crippen LogP contribution in [0.25, 0.3) is 16.8 Å². The second-order valence-electron chi connectivity index (χ2n) is 6.24. The van der Waals surface area contributed by atoms with Crippen molar-refractivity contribution in [3.63, 3.8) is 0 Å². The number of β-amino-alcohol motifs (C(OH)–C–C–N with tert-alkyl or cyclic N) is 1. The molecule has 3 aromatic rings. The summed E-state index contributed by atoms with van der Waals surface area (Å²) in [6, 6.07) is 2.91. The molecular weight excluding hydrogens is 407 g/mol. The topological polar surface area (TPSA) is 110 Å². The first-order valence-electron chi connectivity index (χ1n) is 8.53. The second-order valence-corrected chi connectivity index (χ2v) is 8.01. The monoisotopic (exact) mass is 426 g/mol. The lowest BCUT2D eigenvalue weighted by Gasteiger charge is -2.27. The van der Waals surface area contributed by atoms with Crippen molar-refractivity contribution in [2.75, 3.05) is 25.1 Å². The lowest BCUT2D eigenvalue weighted by molar-refractivity contribution is 0.110. The molecule has 4 heterocycles. The zero-order valence-corrected chi connectivity index (χ0v) is 16.7. The fourth-order valence-corrected chi connectivity index (χ4v) is 3.86. The number of aliphatic hydroxyl groups is 1. The molecule has 1 aliphatic heterocycles. The van der Waals surface area contributed by atoms with Gasteiger partial charge in [-0.05, 0) is 25.0 Å². The Bertz CT molecular complexity index is 1000. The fraction of sp³-hybridized carbons (Fsp3) is 0.353. The predicted octanol–water partition coefficient (Wildman–Crippen LogP) is 1.90. The van der Waals surface area contributed by atoms with Crippen molar-refractivity contribution in [2.45, 2.75) is 18.9 Å². The maximum absolute atomic E-state index is 13.8. The van der Waals surface area contributed by atoms with Crippen molar-refractivity contribution in [2.24, 2.45) is 0 Å². The molecule has 0 aromatic carbocycles. The van der Waals surface area contributed by atoms with Gasteiger partial charge in [-0.25, -0.2) is 27.4 Å². The summed E-state index contributed by atoms with van der Waals surface area (Å²) >= 11 is 6.00. The Kier molecular flexibility index (Phi) is 6.55. The van der Waals surface area contributed by atoms with E-state index in [1.54, 1.807) is 22.8 Å². The van der Waals surface area contributed by atoms with Gasteiger partial charge in [-0.1, -0.05) is 11.6 Å². The number of nitrogen functional groups attached to an aromatic ring is 1. The molecule has 1 saturated heterocycles. The van der Waals surface area contributed by atoms with Gasteiger partial charge in [0.25, 0.3) is 0 Å². The molecule has 2 unspecified atom stereocenters. The van der Waals surface area contributed by atoms with Gasteiger partial charge < -0.3 is 10.8 Å². The Hall–Kier alpha value is -2.14. The quantitative estimate of drug-likeness (QED) is 0.647. The molecule has 0 spiro atoms. The number of rotatable bonds is 2. The highest BCUT2D eigenvalue weighted by atomic mass is 35.5. The molecule has 0 aliphatic carbocycles. The summed E-state index contributed by atoms with van der Waals surface area (Å²) in [5, 5.41) is 13.5. The summed E-state index contributed by atoms with van der Waals surface area (Å²) in [5.74, 6) is -0.330. The first kappa shape index (κ1) is 20.6. The molecular formula is C17H20ClFN6O2S. The van der Waals surface area contributed by atoms with Crippen LogP contribution in [0.4, 0.5) is 10.3 Å². The first-order chi connectivity index (χ1) is 13.4. The van der Waals surface area contributed by atoms with E-state index in [1.807, 2.05) is 0 Å². The Balaban J connectivity index is 0.000000192. The summed E-state index contributed by atoms with van der Waals surface area (Å²) in [4.78, 5) is 7.79. The van der Waals surface area contributed by atoms with Crippen molar-refractivity contribution < 1.29 is 13.7 Å². The smallest absolute Gasteiger partial charge is 0.220 e. The maximum atomic E-state index is 13.8. The molecule has 11 heteroatoms. The zero-order valence-electron chi connectivity index (χ0n) is 15.1. The van der Waals surface area contributed by atoms with Crippen LogP contribution in [0.5, 0.6) is 0 Å². The Morgan fingerprint density at radius 3 is 2.89 bits per heavy atom. The molecule has 3 N–H and O–H groups in total. The number of aromatic nitrogens is 4. The molecule has 0 radical (unpaired) electrons. The third-order valence-corrected chi connectivity index (χ3v) is 5.57. The average Bonchev–Trinajstić information content (AvgIpc) is 3.09. The van der Waals surface area contributed by atoms with Crippen LogP contribution >= 0.6 is 11.6 Å². The Morgan fingerprint density at radius 2 is 2.21 bits per heavy atom. The number of fused-ring (bicyclic) bond motifs is 1. The normalized spacial score (nSPS) is 18.5. The molecule has 0 amide bonds. The minimum absolute atomic E-state index is 0.0742. The SMILES string of the molecule is CS(=O)N1CCCC(O)C1.Nc1ncc(Cl)c(-c2cnn3cccc(F)c23)n1. The first-order valence-corrected chi connectivity index (χ1v) is 10.4. The summed E-state index contributed by atoms with van der Waals surface area (Å²) in [5.41, 5.74) is 6.66. The molecule has 4 rings (SSSR count). The summed E-state index contributed by atoms with van der Waals surface area (Å²) < 4.78 is 27.9. The van der Waals surface area contributed by atoms with Crippen molar-refractivity contribution in [3.8, 4) is 11.3 Å². The van der Waals surface area contributed by atoms with Gasteiger partial charge in [0.15, 0.2) is 0 Å². The Labute approximate surface area is 168 Å². The predicted molar refractivity (Wildman–Crippen MR) is 106 cm³/mol. The van der Waals surface area contributed by atoms with Crippen LogP contribution in [-0.4, -0.2) is 58.7 Å². The molecule has 1 aliphatic rings. The van der Waals surface area contributed by atoms with E-state index in [0.717, 1.165) is 19.4 Å². The zero-order chi connectivity index (χ0) is 20.3. The van der Waals surface area contributed by atoms with Gasteiger partial charge in [0.2, 0.25) is 5.95 Å². The number of pyridine rings is 1. The van der Waals surface area contributed by atoms with Gasteiger partial charge in [-0.15, -0.1) is 0 Å². The second kappa shape index (κ2) is 8.91. The van der Waals surface area contributed by atoms with Crippen LogP contribution in [0.3, 0.4) is 0 Å². The molecule has 3 aromatic heterocycles.